The van der Waals surface area contributed by atoms with Crippen molar-refractivity contribution in [3.05, 3.63) is 53.4 Å². The molecule has 0 bridgehead atoms. The molecule has 0 aliphatic carbocycles. The molecule has 2 aromatic rings. The van der Waals surface area contributed by atoms with E-state index < -0.39 is 17.5 Å². The predicted molar refractivity (Wildman–Crippen MR) is 69.7 cm³/mol. The first-order chi connectivity index (χ1) is 9.56. The van der Waals surface area contributed by atoms with Gasteiger partial charge in [0.1, 0.15) is 5.82 Å². The summed E-state index contributed by atoms with van der Waals surface area (Å²) in [6, 6.07) is 1.68. The van der Waals surface area contributed by atoms with Crippen LogP contribution in [0.1, 0.15) is 24.4 Å². The number of benzene rings is 1. The van der Waals surface area contributed by atoms with Crippen molar-refractivity contribution in [1.82, 2.24) is 14.9 Å². The SMILES string of the molecule is CCn1ccnc1CC(NC)c1cc(F)c(F)c(F)c1. The van der Waals surface area contributed by atoms with Crippen molar-refractivity contribution in [2.75, 3.05) is 7.05 Å². The smallest absolute Gasteiger partial charge is 0.194 e. The summed E-state index contributed by atoms with van der Waals surface area (Å²) in [4.78, 5) is 4.22. The van der Waals surface area contributed by atoms with Gasteiger partial charge >= 0.3 is 0 Å². The van der Waals surface area contributed by atoms with Crippen LogP contribution in [-0.2, 0) is 13.0 Å². The number of nitrogens with zero attached hydrogens (tertiary/aromatic N) is 2. The van der Waals surface area contributed by atoms with Gasteiger partial charge in [-0.3, -0.25) is 0 Å². The molecule has 1 aromatic heterocycles. The third-order valence-corrected chi connectivity index (χ3v) is 3.29. The summed E-state index contributed by atoms with van der Waals surface area (Å²) in [6.07, 6.45) is 3.98. The lowest BCUT2D eigenvalue weighted by Gasteiger charge is -2.17. The van der Waals surface area contributed by atoms with Gasteiger partial charge in [0.25, 0.3) is 0 Å². The lowest BCUT2D eigenvalue weighted by molar-refractivity contribution is 0.440. The van der Waals surface area contributed by atoms with Gasteiger partial charge in [-0.1, -0.05) is 0 Å². The molecule has 1 atom stereocenters. The fraction of sp³-hybridized carbons (Fsp3) is 0.357. The molecule has 0 radical (unpaired) electrons. The molecule has 3 nitrogen and oxygen atoms in total. The molecular formula is C14H16F3N3. The lowest BCUT2D eigenvalue weighted by atomic mass is 10.0. The summed E-state index contributed by atoms with van der Waals surface area (Å²) in [5.41, 5.74) is 0.356. The number of rotatable bonds is 5. The van der Waals surface area contributed by atoms with E-state index in [1.165, 1.54) is 0 Å². The largest absolute Gasteiger partial charge is 0.335 e. The Morgan fingerprint density at radius 3 is 2.45 bits per heavy atom. The summed E-state index contributed by atoms with van der Waals surface area (Å²) in [6.45, 7) is 2.74. The number of aromatic nitrogens is 2. The zero-order chi connectivity index (χ0) is 14.7. The fourth-order valence-corrected chi connectivity index (χ4v) is 2.16. The number of likely N-dealkylation sites (N-methyl/N-ethyl adjacent to an activating group) is 1. The molecule has 0 amide bonds. The van der Waals surface area contributed by atoms with Crippen molar-refractivity contribution >= 4 is 0 Å². The molecular weight excluding hydrogens is 267 g/mol. The molecule has 0 spiro atoms. The monoisotopic (exact) mass is 283 g/mol. The van der Waals surface area contributed by atoms with Crippen LogP contribution in [0.5, 0.6) is 0 Å². The molecule has 20 heavy (non-hydrogen) atoms. The molecule has 0 aliphatic heterocycles. The van der Waals surface area contributed by atoms with Crippen LogP contribution in [0.3, 0.4) is 0 Å². The van der Waals surface area contributed by atoms with Gasteiger partial charge in [-0.05, 0) is 31.7 Å². The number of hydrogen-bond acceptors (Lipinski definition) is 2. The van der Waals surface area contributed by atoms with Gasteiger partial charge in [0.2, 0.25) is 0 Å². The van der Waals surface area contributed by atoms with Crippen LogP contribution in [0.15, 0.2) is 24.5 Å². The Hall–Kier alpha value is -1.82. The van der Waals surface area contributed by atoms with E-state index in [9.17, 15) is 13.2 Å². The average Bonchev–Trinajstić information content (AvgIpc) is 2.88. The van der Waals surface area contributed by atoms with Crippen LogP contribution in [0.4, 0.5) is 13.2 Å². The number of aryl methyl sites for hydroxylation is 1. The first kappa shape index (κ1) is 14.6. The first-order valence-corrected chi connectivity index (χ1v) is 6.38. The van der Waals surface area contributed by atoms with Crippen LogP contribution in [0.2, 0.25) is 0 Å². The second-order valence-electron chi connectivity index (χ2n) is 4.47. The first-order valence-electron chi connectivity index (χ1n) is 6.38. The van der Waals surface area contributed by atoms with Gasteiger partial charge in [-0.2, -0.15) is 0 Å². The number of imidazole rings is 1. The molecule has 0 fully saturated rings. The van der Waals surface area contributed by atoms with Crippen LogP contribution in [0.25, 0.3) is 0 Å². The van der Waals surface area contributed by atoms with Crippen LogP contribution < -0.4 is 5.32 Å². The molecule has 0 saturated carbocycles. The Morgan fingerprint density at radius 1 is 1.25 bits per heavy atom. The maximum Gasteiger partial charge on any atom is 0.194 e. The molecule has 6 heteroatoms. The van der Waals surface area contributed by atoms with Crippen molar-refractivity contribution in [3.8, 4) is 0 Å². The third kappa shape index (κ3) is 2.85. The van der Waals surface area contributed by atoms with E-state index in [-0.39, 0.29) is 6.04 Å². The number of nitrogens with one attached hydrogen (secondary N) is 1. The average molecular weight is 283 g/mol. The van der Waals surface area contributed by atoms with Gasteiger partial charge < -0.3 is 9.88 Å². The molecule has 1 aromatic carbocycles. The standard InChI is InChI=1S/C14H16F3N3/c1-3-20-5-4-19-13(20)8-12(18-2)9-6-10(15)14(17)11(16)7-9/h4-7,12,18H,3,8H2,1-2H3. The van der Waals surface area contributed by atoms with E-state index >= 15 is 0 Å². The van der Waals surface area contributed by atoms with Gasteiger partial charge in [-0.25, -0.2) is 18.2 Å². The predicted octanol–water partition coefficient (Wildman–Crippen LogP) is 2.82. The van der Waals surface area contributed by atoms with E-state index in [1.807, 2.05) is 17.7 Å². The molecule has 0 aliphatic rings. The van der Waals surface area contributed by atoms with Crippen molar-refractivity contribution in [2.24, 2.45) is 0 Å². The van der Waals surface area contributed by atoms with Crippen LogP contribution in [0, 0.1) is 17.5 Å². The molecule has 1 N–H and O–H groups in total. The zero-order valence-corrected chi connectivity index (χ0v) is 11.3. The Morgan fingerprint density at radius 2 is 1.90 bits per heavy atom. The van der Waals surface area contributed by atoms with Gasteiger partial charge in [0, 0.05) is 31.4 Å². The van der Waals surface area contributed by atoms with Crippen molar-refractivity contribution in [1.29, 1.82) is 0 Å². The van der Waals surface area contributed by atoms with E-state index in [4.69, 9.17) is 0 Å². The quantitative estimate of drug-likeness (QED) is 0.855. The van der Waals surface area contributed by atoms with Gasteiger partial charge in [-0.15, -0.1) is 0 Å². The minimum absolute atomic E-state index is 0.340. The van der Waals surface area contributed by atoms with Crippen LogP contribution in [-0.4, -0.2) is 16.6 Å². The summed E-state index contributed by atoms with van der Waals surface area (Å²) < 4.78 is 41.5. The maximum absolute atomic E-state index is 13.3. The Labute approximate surface area is 115 Å². The second-order valence-corrected chi connectivity index (χ2v) is 4.47. The Kier molecular flexibility index (Phi) is 4.44. The summed E-state index contributed by atoms with van der Waals surface area (Å²) in [5.74, 6) is -3.01. The van der Waals surface area contributed by atoms with Gasteiger partial charge in [0.15, 0.2) is 17.5 Å². The van der Waals surface area contributed by atoms with Crippen molar-refractivity contribution in [2.45, 2.75) is 25.9 Å². The third-order valence-electron chi connectivity index (χ3n) is 3.29. The highest BCUT2D eigenvalue weighted by molar-refractivity contribution is 5.23. The highest BCUT2D eigenvalue weighted by Crippen LogP contribution is 2.22. The van der Waals surface area contributed by atoms with Gasteiger partial charge in [0.05, 0.1) is 0 Å². The van der Waals surface area contributed by atoms with E-state index in [2.05, 4.69) is 10.3 Å². The Balaban J connectivity index is 2.29. The number of hydrogen-bond donors (Lipinski definition) is 1. The molecule has 1 heterocycles. The lowest BCUT2D eigenvalue weighted by Crippen LogP contribution is -2.21. The van der Waals surface area contributed by atoms with E-state index in [0.717, 1.165) is 24.5 Å². The highest BCUT2D eigenvalue weighted by atomic mass is 19.2. The molecule has 0 saturated heterocycles. The van der Waals surface area contributed by atoms with Crippen LogP contribution >= 0.6 is 0 Å². The Bertz CT molecular complexity index is 572. The molecule has 108 valence electrons. The number of halogens is 3. The summed E-state index contributed by atoms with van der Waals surface area (Å²) in [5, 5.41) is 2.97. The zero-order valence-electron chi connectivity index (χ0n) is 11.3. The highest BCUT2D eigenvalue weighted by Gasteiger charge is 2.18. The summed E-state index contributed by atoms with van der Waals surface area (Å²) in [7, 11) is 1.68. The normalized spacial score (nSPS) is 12.7. The van der Waals surface area contributed by atoms with E-state index in [1.54, 1.807) is 13.2 Å². The molecule has 1 unspecified atom stereocenters. The topological polar surface area (TPSA) is 29.9 Å². The summed E-state index contributed by atoms with van der Waals surface area (Å²) >= 11 is 0. The van der Waals surface area contributed by atoms with E-state index in [0.29, 0.717) is 12.0 Å². The molecule has 2 rings (SSSR count). The minimum atomic E-state index is -1.45. The minimum Gasteiger partial charge on any atom is -0.335 e. The van der Waals surface area contributed by atoms with Crippen molar-refractivity contribution in [3.63, 3.8) is 0 Å². The fourth-order valence-electron chi connectivity index (χ4n) is 2.16. The van der Waals surface area contributed by atoms with Crippen molar-refractivity contribution < 1.29 is 13.2 Å². The second kappa shape index (κ2) is 6.09. The maximum atomic E-state index is 13.3.